The number of hydrogen-bond donors (Lipinski definition) is 1. The van der Waals surface area contributed by atoms with E-state index in [1.807, 2.05) is 0 Å². The number of benzene rings is 2. The average molecular weight is 361 g/mol. The van der Waals surface area contributed by atoms with Gasteiger partial charge < -0.3 is 14.8 Å². The van der Waals surface area contributed by atoms with Crippen molar-refractivity contribution in [1.82, 2.24) is 0 Å². The van der Waals surface area contributed by atoms with E-state index >= 15 is 0 Å². The van der Waals surface area contributed by atoms with Crippen molar-refractivity contribution in [1.29, 1.82) is 0 Å². The van der Waals surface area contributed by atoms with Gasteiger partial charge >= 0.3 is 6.09 Å². The van der Waals surface area contributed by atoms with Crippen LogP contribution in [0.1, 0.15) is 6.92 Å². The normalized spacial score (nSPS) is 14.8. The number of nitrogens with one attached hydrogen (secondary N) is 1. The van der Waals surface area contributed by atoms with Gasteiger partial charge in [0.25, 0.3) is 5.91 Å². The molecule has 0 spiro atoms. The number of hydrogen-bond acceptors (Lipinski definition) is 4. The molecule has 6 nitrogen and oxygen atoms in total. The summed E-state index contributed by atoms with van der Waals surface area (Å²) in [6.07, 6.45) is -1.10. The third kappa shape index (κ3) is 4.22. The minimum Gasteiger partial charge on any atom is -0.481 e. The van der Waals surface area contributed by atoms with Crippen molar-refractivity contribution in [2.75, 3.05) is 23.4 Å². The molecule has 1 fully saturated rings. The molecule has 1 atom stereocenters. The largest absolute Gasteiger partial charge is 0.481 e. The molecule has 25 heavy (non-hydrogen) atoms. The van der Waals surface area contributed by atoms with Gasteiger partial charge in [0.2, 0.25) is 0 Å². The summed E-state index contributed by atoms with van der Waals surface area (Å²) in [5.74, 6) is 0.213. The second-order valence-corrected chi connectivity index (χ2v) is 5.96. The second kappa shape index (κ2) is 7.44. The van der Waals surface area contributed by atoms with Crippen LogP contribution in [0.2, 0.25) is 5.02 Å². The highest BCUT2D eigenvalue weighted by Crippen LogP contribution is 2.23. The van der Waals surface area contributed by atoms with Crippen molar-refractivity contribution in [3.63, 3.8) is 0 Å². The smallest absolute Gasteiger partial charge is 0.414 e. The van der Waals surface area contributed by atoms with Crippen molar-refractivity contribution in [2.24, 2.45) is 0 Å². The Morgan fingerprint density at radius 1 is 1.28 bits per heavy atom. The molecule has 1 saturated heterocycles. The zero-order chi connectivity index (χ0) is 17.8. The van der Waals surface area contributed by atoms with E-state index in [1.54, 1.807) is 55.5 Å². The van der Waals surface area contributed by atoms with Crippen LogP contribution in [0.3, 0.4) is 0 Å². The number of amides is 2. The number of halogens is 1. The van der Waals surface area contributed by atoms with Gasteiger partial charge in [-0.3, -0.25) is 9.69 Å². The van der Waals surface area contributed by atoms with Crippen LogP contribution >= 0.6 is 11.6 Å². The fraction of sp³-hybridized carbons (Fsp3) is 0.222. The number of carbonyl (C=O) groups is 2. The lowest BCUT2D eigenvalue weighted by Gasteiger charge is -2.17. The van der Waals surface area contributed by atoms with Crippen LogP contribution in [-0.2, 0) is 9.53 Å². The fourth-order valence-electron chi connectivity index (χ4n) is 2.42. The van der Waals surface area contributed by atoms with E-state index < -0.39 is 6.10 Å². The number of anilines is 2. The quantitative estimate of drug-likeness (QED) is 0.882. The van der Waals surface area contributed by atoms with Crippen LogP contribution in [0.5, 0.6) is 5.75 Å². The summed E-state index contributed by atoms with van der Waals surface area (Å²) in [4.78, 5) is 25.5. The SMILES string of the molecule is CC(Oc1cccc(Cl)c1)C(=O)Nc1cccc(N2CCOC2=O)c1. The topological polar surface area (TPSA) is 67.9 Å². The van der Waals surface area contributed by atoms with E-state index in [0.717, 1.165) is 0 Å². The Labute approximate surface area is 150 Å². The van der Waals surface area contributed by atoms with Crippen LogP contribution in [-0.4, -0.2) is 31.3 Å². The number of ether oxygens (including phenoxy) is 2. The summed E-state index contributed by atoms with van der Waals surface area (Å²) in [6.45, 7) is 2.50. The molecule has 0 aliphatic carbocycles. The Balaban J connectivity index is 1.65. The van der Waals surface area contributed by atoms with E-state index in [9.17, 15) is 9.59 Å². The van der Waals surface area contributed by atoms with E-state index in [4.69, 9.17) is 21.1 Å². The van der Waals surface area contributed by atoms with E-state index in [-0.39, 0.29) is 12.0 Å². The molecule has 3 rings (SSSR count). The predicted octanol–water partition coefficient (Wildman–Crippen LogP) is 3.70. The molecule has 1 unspecified atom stereocenters. The first-order chi connectivity index (χ1) is 12.0. The molecule has 130 valence electrons. The van der Waals surface area contributed by atoms with Gasteiger partial charge in [-0.1, -0.05) is 23.7 Å². The Hall–Kier alpha value is -2.73. The molecule has 7 heteroatoms. The number of rotatable bonds is 5. The molecule has 2 amide bonds. The van der Waals surface area contributed by atoms with Crippen LogP contribution in [0.4, 0.5) is 16.2 Å². The molecular formula is C18H17ClN2O4. The van der Waals surface area contributed by atoms with E-state index in [1.165, 1.54) is 4.90 Å². The third-order valence-corrected chi connectivity index (χ3v) is 3.90. The Bertz CT molecular complexity index is 796. The van der Waals surface area contributed by atoms with Gasteiger partial charge in [-0.25, -0.2) is 4.79 Å². The fourth-order valence-corrected chi connectivity index (χ4v) is 2.60. The maximum atomic E-state index is 12.3. The lowest BCUT2D eigenvalue weighted by atomic mass is 10.2. The van der Waals surface area contributed by atoms with E-state index in [2.05, 4.69) is 5.32 Å². The molecule has 0 bridgehead atoms. The standard InChI is InChI=1S/C18H17ClN2O4/c1-12(25-16-7-2-4-13(19)10-16)17(22)20-14-5-3-6-15(11-14)21-8-9-24-18(21)23/h2-7,10-12H,8-9H2,1H3,(H,20,22). The molecule has 1 aliphatic heterocycles. The van der Waals surface area contributed by atoms with Gasteiger partial charge in [0.05, 0.1) is 6.54 Å². The molecule has 0 saturated carbocycles. The molecule has 1 N–H and O–H groups in total. The molecule has 1 aliphatic rings. The maximum Gasteiger partial charge on any atom is 0.414 e. The molecule has 1 heterocycles. The van der Waals surface area contributed by atoms with Crippen LogP contribution in [0.25, 0.3) is 0 Å². The zero-order valence-electron chi connectivity index (χ0n) is 13.6. The molecule has 2 aromatic carbocycles. The van der Waals surface area contributed by atoms with Crippen LogP contribution < -0.4 is 15.0 Å². The van der Waals surface area contributed by atoms with Crippen LogP contribution in [0, 0.1) is 0 Å². The minimum absolute atomic E-state index is 0.305. The lowest BCUT2D eigenvalue weighted by molar-refractivity contribution is -0.122. The van der Waals surface area contributed by atoms with Crippen molar-refractivity contribution in [2.45, 2.75) is 13.0 Å². The van der Waals surface area contributed by atoms with Gasteiger partial charge in [0, 0.05) is 16.4 Å². The van der Waals surface area contributed by atoms with Crippen molar-refractivity contribution >= 4 is 35.0 Å². The highest BCUT2D eigenvalue weighted by molar-refractivity contribution is 6.30. The maximum absolute atomic E-state index is 12.3. The first-order valence-electron chi connectivity index (χ1n) is 7.80. The van der Waals surface area contributed by atoms with Crippen molar-refractivity contribution < 1.29 is 19.1 Å². The number of nitrogens with zero attached hydrogens (tertiary/aromatic N) is 1. The minimum atomic E-state index is -0.709. The lowest BCUT2D eigenvalue weighted by Crippen LogP contribution is -2.30. The summed E-state index contributed by atoms with van der Waals surface area (Å²) in [6, 6.07) is 13.9. The third-order valence-electron chi connectivity index (χ3n) is 3.66. The number of carbonyl (C=O) groups excluding carboxylic acids is 2. The summed E-state index contributed by atoms with van der Waals surface area (Å²) >= 11 is 5.91. The average Bonchev–Trinajstić information content (AvgIpc) is 3.01. The van der Waals surface area contributed by atoms with Gasteiger partial charge in [0.1, 0.15) is 12.4 Å². The molecular weight excluding hydrogens is 344 g/mol. The first kappa shape index (κ1) is 17.1. The summed E-state index contributed by atoms with van der Waals surface area (Å²) in [5, 5.41) is 3.32. The summed E-state index contributed by atoms with van der Waals surface area (Å²) in [7, 11) is 0. The van der Waals surface area contributed by atoms with Gasteiger partial charge in [-0.2, -0.15) is 0 Å². The molecule has 0 aromatic heterocycles. The summed E-state index contributed by atoms with van der Waals surface area (Å²) in [5.41, 5.74) is 1.24. The summed E-state index contributed by atoms with van der Waals surface area (Å²) < 4.78 is 10.5. The predicted molar refractivity (Wildman–Crippen MR) is 95.3 cm³/mol. The first-order valence-corrected chi connectivity index (χ1v) is 8.18. The molecule has 0 radical (unpaired) electrons. The monoisotopic (exact) mass is 360 g/mol. The number of cyclic esters (lactones) is 1. The highest BCUT2D eigenvalue weighted by Gasteiger charge is 2.24. The second-order valence-electron chi connectivity index (χ2n) is 5.52. The van der Waals surface area contributed by atoms with E-state index in [0.29, 0.717) is 35.3 Å². The zero-order valence-corrected chi connectivity index (χ0v) is 14.3. The Morgan fingerprint density at radius 2 is 2.08 bits per heavy atom. The van der Waals surface area contributed by atoms with Gasteiger partial charge in [0.15, 0.2) is 6.10 Å². The van der Waals surface area contributed by atoms with Crippen LogP contribution in [0.15, 0.2) is 48.5 Å². The van der Waals surface area contributed by atoms with Crippen molar-refractivity contribution in [3.8, 4) is 5.75 Å². The van der Waals surface area contributed by atoms with Gasteiger partial charge in [-0.15, -0.1) is 0 Å². The Kier molecular flexibility index (Phi) is 5.09. The Morgan fingerprint density at radius 3 is 2.80 bits per heavy atom. The van der Waals surface area contributed by atoms with Crippen molar-refractivity contribution in [3.05, 3.63) is 53.6 Å². The van der Waals surface area contributed by atoms with Gasteiger partial charge in [-0.05, 0) is 43.3 Å². The highest BCUT2D eigenvalue weighted by atomic mass is 35.5. The molecule has 2 aromatic rings.